The van der Waals surface area contributed by atoms with E-state index in [1.54, 1.807) is 0 Å². The molecular formula is C8H19NSn. The summed E-state index contributed by atoms with van der Waals surface area (Å²) in [5.74, 6) is 0. The molecule has 10 heavy (non-hydrogen) atoms. The van der Waals surface area contributed by atoms with Gasteiger partial charge in [-0.2, -0.15) is 0 Å². The molecule has 0 aliphatic carbocycles. The standard InChI is InChI=1S/C8H18N.Sn.H/c1-6-9(7(2)3)8(4)5;;/h7-8H,1,6H2,2-5H3;;. The maximum absolute atomic E-state index is 2.55. The SMILES string of the molecule is CC(C)N(C[CH2][SnH])C(C)C. The molecule has 0 atom stereocenters. The molecule has 0 spiro atoms. The second-order valence-electron chi connectivity index (χ2n) is 3.21. The molecule has 0 rings (SSSR count). The molecule has 0 heterocycles. The van der Waals surface area contributed by atoms with E-state index in [0.29, 0.717) is 12.1 Å². The molecule has 0 aromatic heterocycles. The number of rotatable bonds is 4. The summed E-state index contributed by atoms with van der Waals surface area (Å²) in [4.78, 5) is 2.55. The van der Waals surface area contributed by atoms with Crippen LogP contribution in [0.5, 0.6) is 0 Å². The molecule has 0 bridgehead atoms. The topological polar surface area (TPSA) is 3.24 Å². The van der Waals surface area contributed by atoms with E-state index in [0.717, 1.165) is 0 Å². The Labute approximate surface area is 78.3 Å². The summed E-state index contributed by atoms with van der Waals surface area (Å²) in [6.45, 7) is 10.4. The summed E-state index contributed by atoms with van der Waals surface area (Å²) in [7, 11) is 0. The van der Waals surface area contributed by atoms with Crippen molar-refractivity contribution in [3.8, 4) is 0 Å². The zero-order valence-electron chi connectivity index (χ0n) is 7.59. The summed E-state index contributed by atoms with van der Waals surface area (Å²) in [6.07, 6.45) is 0. The van der Waals surface area contributed by atoms with E-state index < -0.39 is 0 Å². The first-order chi connectivity index (χ1) is 4.59. The predicted octanol–water partition coefficient (Wildman–Crippen LogP) is 1.42. The average Bonchev–Trinajstić information content (AvgIpc) is 1.81. The van der Waals surface area contributed by atoms with Crippen LogP contribution in [0.25, 0.3) is 0 Å². The van der Waals surface area contributed by atoms with Crippen molar-refractivity contribution in [2.24, 2.45) is 0 Å². The van der Waals surface area contributed by atoms with Crippen molar-refractivity contribution >= 4 is 22.5 Å². The van der Waals surface area contributed by atoms with Crippen molar-refractivity contribution in [2.75, 3.05) is 6.54 Å². The molecule has 2 radical (unpaired) electrons. The number of hydrogen-bond donors (Lipinski definition) is 0. The van der Waals surface area contributed by atoms with Crippen LogP contribution in [-0.2, 0) is 0 Å². The summed E-state index contributed by atoms with van der Waals surface area (Å²) >= 11 is 1.39. The van der Waals surface area contributed by atoms with Crippen LogP contribution in [0.15, 0.2) is 0 Å². The third-order valence-corrected chi connectivity index (χ3v) is 2.45. The first-order valence-electron chi connectivity index (χ1n) is 4.05. The van der Waals surface area contributed by atoms with E-state index in [2.05, 4.69) is 32.6 Å². The van der Waals surface area contributed by atoms with Gasteiger partial charge in [-0.05, 0) is 0 Å². The van der Waals surface area contributed by atoms with Crippen LogP contribution in [0.1, 0.15) is 27.7 Å². The quantitative estimate of drug-likeness (QED) is 0.680. The van der Waals surface area contributed by atoms with E-state index >= 15 is 0 Å². The molecule has 0 fully saturated rings. The molecule has 0 aromatic rings. The molecule has 0 unspecified atom stereocenters. The molecule has 0 saturated carbocycles. The molecule has 1 nitrogen and oxygen atoms in total. The molecule has 2 heteroatoms. The van der Waals surface area contributed by atoms with Crippen LogP contribution < -0.4 is 0 Å². The Morgan fingerprint density at radius 2 is 1.50 bits per heavy atom. The van der Waals surface area contributed by atoms with Crippen LogP contribution in [0.4, 0.5) is 0 Å². The molecule has 0 amide bonds. The minimum absolute atomic E-state index is 0.715. The van der Waals surface area contributed by atoms with Gasteiger partial charge in [0.15, 0.2) is 0 Å². The van der Waals surface area contributed by atoms with Crippen LogP contribution in [0.3, 0.4) is 0 Å². The van der Waals surface area contributed by atoms with Gasteiger partial charge in [0.1, 0.15) is 0 Å². The van der Waals surface area contributed by atoms with Crippen molar-refractivity contribution in [1.29, 1.82) is 0 Å². The van der Waals surface area contributed by atoms with Crippen molar-refractivity contribution in [3.05, 3.63) is 0 Å². The molecule has 0 aliphatic rings. The Kier molecular flexibility index (Phi) is 5.83. The van der Waals surface area contributed by atoms with Crippen molar-refractivity contribution in [1.82, 2.24) is 4.90 Å². The second-order valence-corrected chi connectivity index (χ2v) is 4.86. The third kappa shape index (κ3) is 3.81. The fourth-order valence-corrected chi connectivity index (χ4v) is 2.11. The maximum atomic E-state index is 2.55. The normalized spacial score (nSPS) is 12.0. The number of nitrogens with zero attached hydrogens (tertiary/aromatic N) is 1. The number of hydrogen-bond acceptors (Lipinski definition) is 1. The van der Waals surface area contributed by atoms with Gasteiger partial charge in [0.05, 0.1) is 0 Å². The van der Waals surface area contributed by atoms with Crippen LogP contribution in [0.2, 0.25) is 4.44 Å². The molecule has 60 valence electrons. The van der Waals surface area contributed by atoms with E-state index in [4.69, 9.17) is 0 Å². The fourth-order valence-electron chi connectivity index (χ4n) is 1.26. The third-order valence-electron chi connectivity index (χ3n) is 1.71. The van der Waals surface area contributed by atoms with Gasteiger partial charge < -0.3 is 0 Å². The summed E-state index contributed by atoms with van der Waals surface area (Å²) in [5, 5.41) is 0. The first-order valence-corrected chi connectivity index (χ1v) is 6.38. The second kappa shape index (κ2) is 5.41. The van der Waals surface area contributed by atoms with E-state index in [1.807, 2.05) is 0 Å². The summed E-state index contributed by atoms with van der Waals surface area (Å²) in [5.41, 5.74) is 0. The van der Waals surface area contributed by atoms with Crippen molar-refractivity contribution < 1.29 is 0 Å². The van der Waals surface area contributed by atoms with Crippen molar-refractivity contribution in [3.63, 3.8) is 0 Å². The fraction of sp³-hybridized carbons (Fsp3) is 1.00. The monoisotopic (exact) mass is 249 g/mol. The first kappa shape index (κ1) is 10.8. The molecule has 0 aliphatic heterocycles. The van der Waals surface area contributed by atoms with Crippen LogP contribution in [-0.4, -0.2) is 46.1 Å². The zero-order valence-corrected chi connectivity index (χ0v) is 10.9. The molecular weight excluding hydrogens is 229 g/mol. The Hall–Kier alpha value is 0.759. The van der Waals surface area contributed by atoms with Gasteiger partial charge in [-0.15, -0.1) is 0 Å². The average molecular weight is 248 g/mol. The van der Waals surface area contributed by atoms with Gasteiger partial charge in [-0.25, -0.2) is 0 Å². The Balaban J connectivity index is 3.73. The Morgan fingerprint density at radius 3 is 1.60 bits per heavy atom. The van der Waals surface area contributed by atoms with Gasteiger partial charge in [0, 0.05) is 0 Å². The zero-order chi connectivity index (χ0) is 8.15. The summed E-state index contributed by atoms with van der Waals surface area (Å²) < 4.78 is 1.39. The van der Waals surface area contributed by atoms with Crippen molar-refractivity contribution in [2.45, 2.75) is 44.2 Å². The van der Waals surface area contributed by atoms with E-state index in [1.165, 1.54) is 33.5 Å². The van der Waals surface area contributed by atoms with Gasteiger partial charge in [-0.3, -0.25) is 0 Å². The van der Waals surface area contributed by atoms with Crippen LogP contribution >= 0.6 is 0 Å². The molecule has 0 N–H and O–H groups in total. The minimum atomic E-state index is 0.715. The van der Waals surface area contributed by atoms with Gasteiger partial charge in [0.25, 0.3) is 0 Å². The van der Waals surface area contributed by atoms with Gasteiger partial charge in [-0.1, -0.05) is 0 Å². The van der Waals surface area contributed by atoms with E-state index in [-0.39, 0.29) is 0 Å². The summed E-state index contributed by atoms with van der Waals surface area (Å²) in [6, 6.07) is 1.43. The van der Waals surface area contributed by atoms with Crippen LogP contribution in [0, 0.1) is 0 Å². The predicted molar refractivity (Wildman–Crippen MR) is 48.9 cm³/mol. The van der Waals surface area contributed by atoms with Gasteiger partial charge in [0.2, 0.25) is 0 Å². The Morgan fingerprint density at radius 1 is 1.10 bits per heavy atom. The van der Waals surface area contributed by atoms with E-state index in [9.17, 15) is 0 Å². The molecule has 0 aromatic carbocycles. The van der Waals surface area contributed by atoms with Gasteiger partial charge >= 0.3 is 78.2 Å². The Bertz CT molecular complexity index is 73.3. The molecule has 0 saturated heterocycles.